The van der Waals surface area contributed by atoms with E-state index in [0.717, 1.165) is 56.2 Å². The number of aryl methyl sites for hydroxylation is 4. The van der Waals surface area contributed by atoms with Gasteiger partial charge in [-0.1, -0.05) is 62.7 Å². The predicted octanol–water partition coefficient (Wildman–Crippen LogP) is 9.00. The standard InChI is InChI=1S/C34H32NO2/c1-18-12-13-21-24(16-18)19(2)28-30-29-23(14-15-35(30)7)32-27(22-10-8-9-11-26(22)36-32)20(3)31(29)37-33(28)25(21)17-34(4,5)6/h8-16H,17H2,1-7H3/q+1. The minimum absolute atomic E-state index is 0.110. The van der Waals surface area contributed by atoms with E-state index >= 15 is 0 Å². The molecule has 0 fully saturated rings. The summed E-state index contributed by atoms with van der Waals surface area (Å²) >= 11 is 0. The van der Waals surface area contributed by atoms with Gasteiger partial charge in [0.15, 0.2) is 6.20 Å². The molecule has 184 valence electrons. The second-order valence-electron chi connectivity index (χ2n) is 12.0. The fourth-order valence-corrected chi connectivity index (χ4v) is 6.42. The number of fused-ring (bicyclic) bond motifs is 7. The van der Waals surface area contributed by atoms with E-state index in [2.05, 4.69) is 102 Å². The third-order valence-corrected chi connectivity index (χ3v) is 8.03. The Kier molecular flexibility index (Phi) is 4.44. The SMILES string of the molecule is Cc1ccc2c(CC(C)(C)C)c3c(c(C)c2c1)-c1c2c(c(C)c4c5ccccc5oc4c2cc[n+]1C)O3. The van der Waals surface area contributed by atoms with Gasteiger partial charge in [0.05, 0.1) is 5.56 Å². The summed E-state index contributed by atoms with van der Waals surface area (Å²) in [6.07, 6.45) is 3.10. The van der Waals surface area contributed by atoms with Gasteiger partial charge in [-0.3, -0.25) is 0 Å². The van der Waals surface area contributed by atoms with Gasteiger partial charge in [0.1, 0.15) is 35.1 Å². The molecule has 1 aliphatic rings. The van der Waals surface area contributed by atoms with E-state index in [1.54, 1.807) is 0 Å². The molecule has 37 heavy (non-hydrogen) atoms. The Morgan fingerprint density at radius 1 is 0.784 bits per heavy atom. The number of rotatable bonds is 1. The lowest BCUT2D eigenvalue weighted by molar-refractivity contribution is -0.659. The molecule has 0 saturated carbocycles. The van der Waals surface area contributed by atoms with Gasteiger partial charge in [-0.05, 0) is 55.0 Å². The summed E-state index contributed by atoms with van der Waals surface area (Å²) in [5, 5.41) is 7.13. The fraction of sp³-hybridized carbons (Fsp3) is 0.265. The van der Waals surface area contributed by atoms with Crippen LogP contribution in [0, 0.1) is 26.2 Å². The molecule has 6 aromatic rings. The number of aromatic nitrogens is 1. The Bertz CT molecular complexity index is 1950. The molecule has 0 saturated heterocycles. The number of hydrogen-bond acceptors (Lipinski definition) is 2. The van der Waals surface area contributed by atoms with Gasteiger partial charge in [0.25, 0.3) is 0 Å². The molecule has 2 aromatic heterocycles. The molecule has 0 N–H and O–H groups in total. The zero-order valence-electron chi connectivity index (χ0n) is 22.7. The number of benzene rings is 4. The summed E-state index contributed by atoms with van der Waals surface area (Å²) in [4.78, 5) is 0. The fourth-order valence-electron chi connectivity index (χ4n) is 6.42. The number of hydrogen-bond donors (Lipinski definition) is 0. The number of ether oxygens (including phenoxy) is 1. The molecular weight excluding hydrogens is 454 g/mol. The Hall–Kier alpha value is -3.85. The molecule has 0 radical (unpaired) electrons. The summed E-state index contributed by atoms with van der Waals surface area (Å²) in [6, 6.07) is 17.4. The Labute approximate surface area is 217 Å². The van der Waals surface area contributed by atoms with E-state index in [1.807, 2.05) is 6.07 Å². The average Bonchev–Trinajstić information content (AvgIpc) is 3.24. The first-order valence-corrected chi connectivity index (χ1v) is 13.1. The molecule has 3 heteroatoms. The average molecular weight is 487 g/mol. The van der Waals surface area contributed by atoms with Crippen molar-refractivity contribution >= 4 is 43.5 Å². The van der Waals surface area contributed by atoms with E-state index in [0.29, 0.717) is 0 Å². The smallest absolute Gasteiger partial charge is 0.228 e. The van der Waals surface area contributed by atoms with Gasteiger partial charge in [0.2, 0.25) is 5.69 Å². The van der Waals surface area contributed by atoms with Gasteiger partial charge in [0, 0.05) is 33.4 Å². The van der Waals surface area contributed by atoms with Crippen molar-refractivity contribution in [2.75, 3.05) is 0 Å². The summed E-state index contributed by atoms with van der Waals surface area (Å²) in [7, 11) is 2.15. The molecular formula is C34H32NO2+. The lowest BCUT2D eigenvalue weighted by Gasteiger charge is -2.29. The number of nitrogens with zero attached hydrogens (tertiary/aromatic N) is 1. The molecule has 0 amide bonds. The topological polar surface area (TPSA) is 26.2 Å². The van der Waals surface area contributed by atoms with Crippen molar-refractivity contribution in [1.82, 2.24) is 0 Å². The molecule has 3 heterocycles. The first kappa shape index (κ1) is 22.4. The predicted molar refractivity (Wildman–Crippen MR) is 153 cm³/mol. The molecule has 1 aliphatic heterocycles. The van der Waals surface area contributed by atoms with Crippen LogP contribution in [-0.4, -0.2) is 0 Å². The molecule has 3 nitrogen and oxygen atoms in total. The van der Waals surface area contributed by atoms with Gasteiger partial charge >= 0.3 is 0 Å². The lowest BCUT2D eigenvalue weighted by atomic mass is 9.81. The normalized spacial score (nSPS) is 13.1. The van der Waals surface area contributed by atoms with Crippen LogP contribution in [0.5, 0.6) is 11.5 Å². The second-order valence-corrected chi connectivity index (χ2v) is 12.0. The lowest BCUT2D eigenvalue weighted by Crippen LogP contribution is -2.32. The van der Waals surface area contributed by atoms with Crippen LogP contribution < -0.4 is 9.30 Å². The van der Waals surface area contributed by atoms with Crippen LogP contribution in [-0.2, 0) is 13.5 Å². The van der Waals surface area contributed by atoms with E-state index in [9.17, 15) is 0 Å². The van der Waals surface area contributed by atoms with Crippen LogP contribution >= 0.6 is 0 Å². The zero-order chi connectivity index (χ0) is 25.8. The summed E-state index contributed by atoms with van der Waals surface area (Å²) < 4.78 is 15.9. The third kappa shape index (κ3) is 3.03. The van der Waals surface area contributed by atoms with Crippen LogP contribution in [0.3, 0.4) is 0 Å². The van der Waals surface area contributed by atoms with Crippen molar-refractivity contribution in [3.05, 3.63) is 77.0 Å². The molecule has 0 aliphatic carbocycles. The van der Waals surface area contributed by atoms with Crippen molar-refractivity contribution in [3.63, 3.8) is 0 Å². The maximum Gasteiger partial charge on any atom is 0.228 e. The highest BCUT2D eigenvalue weighted by Gasteiger charge is 2.36. The summed E-state index contributed by atoms with van der Waals surface area (Å²) in [5.74, 6) is 1.96. The molecule has 4 aromatic carbocycles. The van der Waals surface area contributed by atoms with E-state index in [-0.39, 0.29) is 5.41 Å². The highest BCUT2D eigenvalue weighted by molar-refractivity contribution is 6.21. The van der Waals surface area contributed by atoms with E-state index in [4.69, 9.17) is 9.15 Å². The Balaban J connectivity index is 1.71. The summed E-state index contributed by atoms with van der Waals surface area (Å²) in [6.45, 7) is 13.5. The minimum atomic E-state index is 0.110. The van der Waals surface area contributed by atoms with Crippen molar-refractivity contribution in [3.8, 4) is 22.8 Å². The minimum Gasteiger partial charge on any atom is -0.455 e. The van der Waals surface area contributed by atoms with Crippen LogP contribution in [0.25, 0.3) is 54.7 Å². The second kappa shape index (κ2) is 7.35. The largest absolute Gasteiger partial charge is 0.455 e. The number of pyridine rings is 1. The van der Waals surface area contributed by atoms with Gasteiger partial charge in [-0.2, -0.15) is 0 Å². The molecule has 0 atom stereocenters. The first-order valence-electron chi connectivity index (χ1n) is 13.1. The number of furan rings is 1. The molecule has 7 rings (SSSR count). The van der Waals surface area contributed by atoms with Crippen molar-refractivity contribution in [2.45, 2.75) is 48.0 Å². The van der Waals surface area contributed by atoms with Crippen LogP contribution in [0.2, 0.25) is 0 Å². The zero-order valence-corrected chi connectivity index (χ0v) is 22.7. The van der Waals surface area contributed by atoms with Crippen LogP contribution in [0.4, 0.5) is 0 Å². The Morgan fingerprint density at radius 3 is 2.35 bits per heavy atom. The summed E-state index contributed by atoms with van der Waals surface area (Å²) in [5.41, 5.74) is 9.34. The van der Waals surface area contributed by atoms with E-state index in [1.165, 1.54) is 38.7 Å². The van der Waals surface area contributed by atoms with Crippen molar-refractivity contribution < 1.29 is 13.7 Å². The molecule has 0 unspecified atom stereocenters. The third-order valence-electron chi connectivity index (χ3n) is 8.03. The van der Waals surface area contributed by atoms with Gasteiger partial charge < -0.3 is 9.15 Å². The highest BCUT2D eigenvalue weighted by Crippen LogP contribution is 2.55. The molecule has 0 bridgehead atoms. The molecule has 0 spiro atoms. The van der Waals surface area contributed by atoms with Gasteiger partial charge in [-0.15, -0.1) is 0 Å². The van der Waals surface area contributed by atoms with Crippen molar-refractivity contribution in [1.29, 1.82) is 0 Å². The van der Waals surface area contributed by atoms with Gasteiger partial charge in [-0.25, -0.2) is 4.57 Å². The monoisotopic (exact) mass is 486 g/mol. The maximum absolute atomic E-state index is 7.10. The Morgan fingerprint density at radius 2 is 1.57 bits per heavy atom. The number of para-hydroxylation sites is 1. The maximum atomic E-state index is 7.10. The van der Waals surface area contributed by atoms with Crippen LogP contribution in [0.15, 0.2) is 59.1 Å². The van der Waals surface area contributed by atoms with Crippen LogP contribution in [0.1, 0.15) is 43.0 Å². The quantitative estimate of drug-likeness (QED) is 0.216. The van der Waals surface area contributed by atoms with Crippen molar-refractivity contribution in [2.24, 2.45) is 12.5 Å². The first-order chi connectivity index (χ1) is 17.6. The highest BCUT2D eigenvalue weighted by atomic mass is 16.5. The van der Waals surface area contributed by atoms with E-state index < -0.39 is 0 Å².